The second-order valence-corrected chi connectivity index (χ2v) is 14.5. The molecular formula is C53H36IrN2O2-2. The van der Waals surface area contributed by atoms with Crippen molar-refractivity contribution in [2.45, 2.75) is 20.8 Å². The summed E-state index contributed by atoms with van der Waals surface area (Å²) in [5.41, 5.74) is 15.2. The minimum Gasteiger partial charge on any atom is -0.455 e. The number of aryl methyl sites for hydroxylation is 3. The summed E-state index contributed by atoms with van der Waals surface area (Å²) in [6.45, 7) is 6.24. The molecular weight excluding hydrogens is 889 g/mol. The summed E-state index contributed by atoms with van der Waals surface area (Å²) in [5.74, 6) is 0. The van der Waals surface area contributed by atoms with Gasteiger partial charge in [-0.25, -0.2) is 0 Å². The van der Waals surface area contributed by atoms with Crippen LogP contribution in [-0.2, 0) is 20.1 Å². The Balaban J connectivity index is 0.000000231. The Morgan fingerprint density at radius 3 is 1.93 bits per heavy atom. The van der Waals surface area contributed by atoms with E-state index in [1.807, 2.05) is 67.0 Å². The van der Waals surface area contributed by atoms with Gasteiger partial charge >= 0.3 is 0 Å². The van der Waals surface area contributed by atoms with Crippen LogP contribution < -0.4 is 0 Å². The molecule has 7 aromatic carbocycles. The van der Waals surface area contributed by atoms with E-state index in [0.717, 1.165) is 88.6 Å². The van der Waals surface area contributed by atoms with Gasteiger partial charge in [0.1, 0.15) is 22.3 Å². The predicted octanol–water partition coefficient (Wildman–Crippen LogP) is 14.3. The molecule has 0 spiro atoms. The van der Waals surface area contributed by atoms with Crippen LogP contribution in [0, 0.1) is 32.9 Å². The van der Waals surface area contributed by atoms with Crippen LogP contribution in [0.4, 0.5) is 0 Å². The first kappa shape index (κ1) is 37.0. The standard InChI is InChI=1S/C39H22NO2.C14H14N.Ir/c1-2-12-25(13-3-1)31-23-26(21-22-40-31)34-35(28-18-10-14-24-11-4-5-15-27(24)28)38-37(30-17-7-9-20-33(30)42-38)39-36(34)29-16-6-8-19-32(29)41-39;1-10-4-6-13(7-5-10)14-8-11(2)12(3)9-15-14;/h1-12,14-23H;4-6,8-9H,1-3H3;/q2*-1;. The Morgan fingerprint density at radius 2 is 1.19 bits per heavy atom. The fourth-order valence-corrected chi connectivity index (χ4v) is 7.86. The molecule has 0 saturated carbocycles. The van der Waals surface area contributed by atoms with Gasteiger partial charge in [-0.1, -0.05) is 103 Å². The number of fused-ring (bicyclic) bond motifs is 8. The third kappa shape index (κ3) is 6.49. The molecule has 0 N–H and O–H groups in total. The van der Waals surface area contributed by atoms with Crippen molar-refractivity contribution < 1.29 is 28.9 Å². The normalized spacial score (nSPS) is 11.2. The van der Waals surface area contributed by atoms with Crippen molar-refractivity contribution in [3.05, 3.63) is 193 Å². The van der Waals surface area contributed by atoms with E-state index in [1.54, 1.807) is 0 Å². The SMILES string of the molecule is Cc1c[c-]c(-c2cc(C)c(C)cn2)cc1.[Ir].[c-]1ccccc1-c1cc(-c2c(-c3cccc4ccccc34)c3oc4ccccc4c3c3oc4ccccc4c23)ccn1. The van der Waals surface area contributed by atoms with E-state index >= 15 is 0 Å². The van der Waals surface area contributed by atoms with Crippen LogP contribution >= 0.6 is 0 Å². The molecule has 0 amide bonds. The summed E-state index contributed by atoms with van der Waals surface area (Å²) in [6.07, 6.45) is 3.80. The molecule has 0 unspecified atom stereocenters. The molecule has 0 aliphatic heterocycles. The average Bonchev–Trinajstić information content (AvgIpc) is 3.84. The summed E-state index contributed by atoms with van der Waals surface area (Å²) < 4.78 is 13.5. The summed E-state index contributed by atoms with van der Waals surface area (Å²) in [6, 6.07) is 58.6. The van der Waals surface area contributed by atoms with Gasteiger partial charge in [0.15, 0.2) is 0 Å². The molecule has 0 fully saturated rings. The van der Waals surface area contributed by atoms with Crippen LogP contribution in [-0.4, -0.2) is 9.97 Å². The first-order chi connectivity index (χ1) is 28.0. The molecule has 0 saturated heterocycles. The fourth-order valence-electron chi connectivity index (χ4n) is 7.86. The van der Waals surface area contributed by atoms with E-state index < -0.39 is 0 Å². The molecule has 11 rings (SSSR count). The fraction of sp³-hybridized carbons (Fsp3) is 0.0566. The van der Waals surface area contributed by atoms with Crippen molar-refractivity contribution in [3.63, 3.8) is 0 Å². The second-order valence-electron chi connectivity index (χ2n) is 14.5. The van der Waals surface area contributed by atoms with Gasteiger partial charge in [-0.2, -0.15) is 0 Å². The molecule has 0 bridgehead atoms. The van der Waals surface area contributed by atoms with Crippen LogP contribution in [0.5, 0.6) is 0 Å². The second kappa shape index (κ2) is 15.4. The number of benzene rings is 7. The third-order valence-electron chi connectivity index (χ3n) is 10.9. The van der Waals surface area contributed by atoms with Crippen LogP contribution in [0.1, 0.15) is 16.7 Å². The van der Waals surface area contributed by atoms with Gasteiger partial charge in [-0.05, 0) is 70.9 Å². The quantitative estimate of drug-likeness (QED) is 0.165. The van der Waals surface area contributed by atoms with Crippen LogP contribution in [0.25, 0.3) is 99.4 Å². The Morgan fingerprint density at radius 1 is 0.517 bits per heavy atom. The molecule has 58 heavy (non-hydrogen) atoms. The number of pyridine rings is 2. The first-order valence-corrected chi connectivity index (χ1v) is 19.1. The largest absolute Gasteiger partial charge is 0.455 e. The van der Waals surface area contributed by atoms with Crippen LogP contribution in [0.3, 0.4) is 0 Å². The number of para-hydroxylation sites is 2. The summed E-state index contributed by atoms with van der Waals surface area (Å²) in [4.78, 5) is 9.14. The van der Waals surface area contributed by atoms with Gasteiger partial charge < -0.3 is 18.8 Å². The molecule has 0 atom stereocenters. The zero-order valence-corrected chi connectivity index (χ0v) is 34.5. The van der Waals surface area contributed by atoms with Crippen molar-refractivity contribution in [1.82, 2.24) is 9.97 Å². The molecule has 0 aliphatic carbocycles. The van der Waals surface area contributed by atoms with Gasteiger partial charge in [0, 0.05) is 59.8 Å². The number of aromatic nitrogens is 2. The minimum absolute atomic E-state index is 0. The average molecular weight is 925 g/mol. The first-order valence-electron chi connectivity index (χ1n) is 19.1. The summed E-state index contributed by atoms with van der Waals surface area (Å²) in [5, 5.41) is 6.52. The number of rotatable bonds is 4. The predicted molar refractivity (Wildman–Crippen MR) is 234 cm³/mol. The maximum absolute atomic E-state index is 6.79. The van der Waals surface area contributed by atoms with E-state index in [0.29, 0.717) is 0 Å². The van der Waals surface area contributed by atoms with E-state index in [9.17, 15) is 0 Å². The minimum atomic E-state index is 0. The van der Waals surface area contributed by atoms with Crippen LogP contribution in [0.15, 0.2) is 173 Å². The van der Waals surface area contributed by atoms with Gasteiger partial charge in [0.25, 0.3) is 0 Å². The summed E-state index contributed by atoms with van der Waals surface area (Å²) >= 11 is 0. The number of hydrogen-bond donors (Lipinski definition) is 0. The smallest absolute Gasteiger partial charge is 0.147 e. The van der Waals surface area contributed by atoms with Crippen LogP contribution in [0.2, 0.25) is 0 Å². The molecule has 4 heterocycles. The van der Waals surface area contributed by atoms with Crippen molar-refractivity contribution in [2.24, 2.45) is 0 Å². The van der Waals surface area contributed by atoms with Gasteiger partial charge in [0.2, 0.25) is 0 Å². The molecule has 281 valence electrons. The maximum atomic E-state index is 6.79. The van der Waals surface area contributed by atoms with E-state index in [-0.39, 0.29) is 20.1 Å². The summed E-state index contributed by atoms with van der Waals surface area (Å²) in [7, 11) is 0. The van der Waals surface area contributed by atoms with E-state index in [4.69, 9.17) is 13.8 Å². The van der Waals surface area contributed by atoms with E-state index in [1.165, 1.54) is 27.5 Å². The number of furan rings is 2. The Kier molecular flexibility index (Phi) is 9.79. The molecule has 1 radical (unpaired) electrons. The van der Waals surface area contributed by atoms with Crippen molar-refractivity contribution in [2.75, 3.05) is 0 Å². The Bertz CT molecular complexity index is 3270. The third-order valence-corrected chi connectivity index (χ3v) is 10.9. The van der Waals surface area contributed by atoms with Gasteiger partial charge in [0.05, 0.1) is 5.39 Å². The topological polar surface area (TPSA) is 52.1 Å². The Labute approximate surface area is 350 Å². The number of nitrogens with zero attached hydrogens (tertiary/aromatic N) is 2. The Hall–Kier alpha value is -6.65. The van der Waals surface area contributed by atoms with Crippen molar-refractivity contribution >= 4 is 54.6 Å². The van der Waals surface area contributed by atoms with E-state index in [2.05, 4.69) is 135 Å². The van der Waals surface area contributed by atoms with Crippen molar-refractivity contribution in [1.29, 1.82) is 0 Å². The number of hydrogen-bond acceptors (Lipinski definition) is 4. The van der Waals surface area contributed by atoms with Gasteiger partial charge in [-0.15, -0.1) is 71.3 Å². The maximum Gasteiger partial charge on any atom is 0.147 e. The van der Waals surface area contributed by atoms with Gasteiger partial charge in [-0.3, -0.25) is 0 Å². The molecule has 4 nitrogen and oxygen atoms in total. The van der Waals surface area contributed by atoms with Crippen molar-refractivity contribution in [3.8, 4) is 44.8 Å². The molecule has 5 heteroatoms. The molecule has 11 aromatic rings. The molecule has 0 aliphatic rings. The zero-order valence-electron chi connectivity index (χ0n) is 32.1. The zero-order chi connectivity index (χ0) is 38.5. The molecule has 4 aromatic heterocycles. The monoisotopic (exact) mass is 925 g/mol.